The molecule has 0 unspecified atom stereocenters. The first-order valence-corrected chi connectivity index (χ1v) is 7.83. The van der Waals surface area contributed by atoms with E-state index >= 15 is 0 Å². The highest BCUT2D eigenvalue weighted by Crippen LogP contribution is 2.31. The lowest BCUT2D eigenvalue weighted by Crippen LogP contribution is -2.05. The maximum absolute atomic E-state index is 4.65. The minimum Gasteiger partial charge on any atom is -0.361 e. The first kappa shape index (κ1) is 13.8. The highest BCUT2D eigenvalue weighted by Gasteiger charge is 2.20. The molecule has 0 aliphatic heterocycles. The van der Waals surface area contributed by atoms with Gasteiger partial charge in [0, 0.05) is 18.1 Å². The van der Waals surface area contributed by atoms with Gasteiger partial charge in [-0.25, -0.2) is 4.98 Å². The highest BCUT2D eigenvalue weighted by molar-refractivity contribution is 7.09. The summed E-state index contributed by atoms with van der Waals surface area (Å²) in [6, 6.07) is 20.8. The van der Waals surface area contributed by atoms with Crippen LogP contribution in [0.5, 0.6) is 0 Å². The monoisotopic (exact) mass is 295 g/mol. The van der Waals surface area contributed by atoms with Gasteiger partial charge < -0.3 is 5.32 Å². The maximum Gasteiger partial charge on any atom is 0.202 e. The molecule has 0 radical (unpaired) electrons. The number of hydrogen-bond donors (Lipinski definition) is 1. The summed E-state index contributed by atoms with van der Waals surface area (Å²) in [4.78, 5) is 4.65. The fourth-order valence-electron chi connectivity index (χ4n) is 2.36. The minimum atomic E-state index is 0.0797. The molecule has 0 atom stereocenters. The first-order chi connectivity index (χ1) is 10.4. The van der Waals surface area contributed by atoms with Crippen molar-refractivity contribution in [2.24, 2.45) is 0 Å². The molecule has 2 aromatic carbocycles. The molecule has 1 aromatic heterocycles. The smallest absolute Gasteiger partial charge is 0.202 e. The Hall–Kier alpha value is -2.20. The largest absolute Gasteiger partial charge is 0.361 e. The van der Waals surface area contributed by atoms with E-state index in [2.05, 4.69) is 70.1 Å². The zero-order valence-corrected chi connectivity index (χ0v) is 12.7. The van der Waals surface area contributed by atoms with Gasteiger partial charge in [-0.3, -0.25) is 0 Å². The predicted octanol–water partition coefficient (Wildman–Crippen LogP) is 4.15. The maximum atomic E-state index is 4.65. The van der Waals surface area contributed by atoms with Crippen LogP contribution in [0.15, 0.2) is 60.7 Å². The zero-order chi connectivity index (χ0) is 14.5. The number of rotatable bonds is 5. The second-order valence-corrected chi connectivity index (χ2v) is 5.49. The second-order valence-electron chi connectivity index (χ2n) is 4.74. The van der Waals surface area contributed by atoms with Crippen molar-refractivity contribution in [1.29, 1.82) is 0 Å². The topological polar surface area (TPSA) is 37.8 Å². The number of anilines is 1. The lowest BCUT2D eigenvalue weighted by atomic mass is 9.91. The fraction of sp³-hybridized carbons (Fsp3) is 0.176. The van der Waals surface area contributed by atoms with E-state index in [0.717, 1.165) is 17.5 Å². The van der Waals surface area contributed by atoms with E-state index in [-0.39, 0.29) is 5.92 Å². The lowest BCUT2D eigenvalue weighted by molar-refractivity contribution is 0.890. The van der Waals surface area contributed by atoms with Gasteiger partial charge in [0.2, 0.25) is 5.13 Å². The Morgan fingerprint density at radius 2 is 1.52 bits per heavy atom. The van der Waals surface area contributed by atoms with Gasteiger partial charge in [0.1, 0.15) is 0 Å². The summed E-state index contributed by atoms with van der Waals surface area (Å²) in [6.45, 7) is 2.92. The van der Waals surface area contributed by atoms with Crippen LogP contribution in [0.3, 0.4) is 0 Å². The quantitative estimate of drug-likeness (QED) is 0.768. The molecule has 3 rings (SSSR count). The number of nitrogens with zero attached hydrogens (tertiary/aromatic N) is 2. The summed E-state index contributed by atoms with van der Waals surface area (Å²) in [5.74, 6) is 0.935. The van der Waals surface area contributed by atoms with E-state index in [1.807, 2.05) is 12.1 Å². The van der Waals surface area contributed by atoms with Gasteiger partial charge in [-0.05, 0) is 18.1 Å². The van der Waals surface area contributed by atoms with Gasteiger partial charge in [0.15, 0.2) is 5.82 Å². The van der Waals surface area contributed by atoms with Crippen LogP contribution < -0.4 is 5.32 Å². The van der Waals surface area contributed by atoms with Crippen LogP contribution in [0.4, 0.5) is 5.13 Å². The molecule has 1 heterocycles. The van der Waals surface area contributed by atoms with Crippen LogP contribution in [-0.2, 0) is 0 Å². The van der Waals surface area contributed by atoms with Crippen molar-refractivity contribution in [2.75, 3.05) is 11.9 Å². The minimum absolute atomic E-state index is 0.0797. The molecule has 21 heavy (non-hydrogen) atoms. The molecular formula is C17H17N3S. The van der Waals surface area contributed by atoms with E-state index in [0.29, 0.717) is 0 Å². The molecule has 1 N–H and O–H groups in total. The fourth-order valence-corrected chi connectivity index (χ4v) is 3.03. The van der Waals surface area contributed by atoms with Crippen molar-refractivity contribution in [3.63, 3.8) is 0 Å². The van der Waals surface area contributed by atoms with Gasteiger partial charge in [-0.1, -0.05) is 60.7 Å². The van der Waals surface area contributed by atoms with Crippen molar-refractivity contribution in [2.45, 2.75) is 12.8 Å². The Bertz CT molecular complexity index is 640. The second kappa shape index (κ2) is 6.50. The number of nitrogens with one attached hydrogen (secondary N) is 1. The lowest BCUT2D eigenvalue weighted by Gasteiger charge is -2.14. The summed E-state index contributed by atoms with van der Waals surface area (Å²) in [5, 5.41) is 4.11. The van der Waals surface area contributed by atoms with Crippen molar-refractivity contribution in [3.05, 3.63) is 77.6 Å². The summed E-state index contributed by atoms with van der Waals surface area (Å²) in [7, 11) is 0. The van der Waals surface area contributed by atoms with Crippen LogP contribution in [0.25, 0.3) is 0 Å². The van der Waals surface area contributed by atoms with Gasteiger partial charge in [0.25, 0.3) is 0 Å². The van der Waals surface area contributed by atoms with E-state index in [4.69, 9.17) is 0 Å². The third-order valence-electron chi connectivity index (χ3n) is 3.29. The molecule has 0 aliphatic rings. The Morgan fingerprint density at radius 3 is 2.05 bits per heavy atom. The molecule has 0 aliphatic carbocycles. The third kappa shape index (κ3) is 3.11. The summed E-state index contributed by atoms with van der Waals surface area (Å²) in [6.07, 6.45) is 0. The number of aromatic nitrogens is 2. The van der Waals surface area contributed by atoms with Gasteiger partial charge in [-0.15, -0.1) is 0 Å². The Labute approximate surface area is 128 Å². The van der Waals surface area contributed by atoms with Crippen molar-refractivity contribution >= 4 is 16.7 Å². The van der Waals surface area contributed by atoms with Crippen molar-refractivity contribution in [3.8, 4) is 0 Å². The first-order valence-electron chi connectivity index (χ1n) is 7.06. The van der Waals surface area contributed by atoms with Crippen molar-refractivity contribution in [1.82, 2.24) is 9.36 Å². The molecule has 3 nitrogen and oxygen atoms in total. The molecule has 0 saturated carbocycles. The van der Waals surface area contributed by atoms with E-state index < -0.39 is 0 Å². The van der Waals surface area contributed by atoms with Gasteiger partial charge >= 0.3 is 0 Å². The molecule has 3 aromatic rings. The van der Waals surface area contributed by atoms with E-state index in [1.54, 1.807) is 0 Å². The Morgan fingerprint density at radius 1 is 0.952 bits per heavy atom. The van der Waals surface area contributed by atoms with Gasteiger partial charge in [0.05, 0.1) is 5.92 Å². The van der Waals surface area contributed by atoms with Crippen LogP contribution in [-0.4, -0.2) is 15.9 Å². The van der Waals surface area contributed by atoms with Crippen LogP contribution in [0.1, 0.15) is 29.8 Å². The van der Waals surface area contributed by atoms with Crippen LogP contribution in [0, 0.1) is 0 Å². The molecule has 0 amide bonds. The average Bonchev–Trinajstić information content (AvgIpc) is 2.98. The predicted molar refractivity (Wildman–Crippen MR) is 87.9 cm³/mol. The summed E-state index contributed by atoms with van der Waals surface area (Å²) < 4.78 is 4.56. The highest BCUT2D eigenvalue weighted by atomic mass is 32.1. The molecule has 4 heteroatoms. The molecule has 0 fully saturated rings. The van der Waals surface area contributed by atoms with E-state index in [1.165, 1.54) is 22.7 Å². The zero-order valence-electron chi connectivity index (χ0n) is 11.9. The summed E-state index contributed by atoms with van der Waals surface area (Å²) in [5.41, 5.74) is 2.43. The number of benzene rings is 2. The van der Waals surface area contributed by atoms with Crippen LogP contribution in [0.2, 0.25) is 0 Å². The van der Waals surface area contributed by atoms with Gasteiger partial charge in [-0.2, -0.15) is 4.37 Å². The number of hydrogen-bond acceptors (Lipinski definition) is 4. The average molecular weight is 295 g/mol. The third-order valence-corrected chi connectivity index (χ3v) is 3.98. The van der Waals surface area contributed by atoms with Crippen molar-refractivity contribution < 1.29 is 0 Å². The Balaban J connectivity index is 2.03. The van der Waals surface area contributed by atoms with Crippen LogP contribution >= 0.6 is 11.5 Å². The standard InChI is InChI=1S/C17H17N3S/c1-2-18-17-19-16(20-21-17)15(13-9-5-3-6-10-13)14-11-7-4-8-12-14/h3-12,15H,2H2,1H3,(H,18,19,20). The van der Waals surface area contributed by atoms with E-state index in [9.17, 15) is 0 Å². The molecular weight excluding hydrogens is 278 g/mol. The molecule has 0 spiro atoms. The SMILES string of the molecule is CCNc1nc(C(c2ccccc2)c2ccccc2)ns1. The normalized spacial score (nSPS) is 10.8. The molecule has 0 bridgehead atoms. The summed E-state index contributed by atoms with van der Waals surface area (Å²) >= 11 is 1.42. The Kier molecular flexibility index (Phi) is 4.26. The molecule has 106 valence electrons. The molecule has 0 saturated heterocycles.